The summed E-state index contributed by atoms with van der Waals surface area (Å²) in [4.78, 5) is 10.0. The summed E-state index contributed by atoms with van der Waals surface area (Å²) in [7, 11) is 0. The molecule has 0 amide bonds. The van der Waals surface area contributed by atoms with Crippen LogP contribution in [0.15, 0.2) is 6.33 Å². The highest BCUT2D eigenvalue weighted by Crippen LogP contribution is 2.25. The first-order chi connectivity index (χ1) is 6.79. The van der Waals surface area contributed by atoms with E-state index in [4.69, 9.17) is 4.74 Å². The lowest BCUT2D eigenvalue weighted by Crippen LogP contribution is -2.18. The Kier molecular flexibility index (Phi) is 2.40. The molecule has 0 aromatic carbocycles. The van der Waals surface area contributed by atoms with Crippen molar-refractivity contribution < 1.29 is 9.66 Å². The molecule has 76 valence electrons. The summed E-state index contributed by atoms with van der Waals surface area (Å²) in [6.45, 7) is 0.639. The molecular weight excluding hydrogens is 188 g/mol. The van der Waals surface area contributed by atoms with E-state index in [1.54, 1.807) is 0 Å². The standard InChI is InChI=1S/C7H10N4O3/c12-11(13)7-9-8-5-10(7)6-3-1-2-4-14-6/h5-6H,1-4H2. The minimum Gasteiger partial charge on any atom is -0.390 e. The molecule has 7 nitrogen and oxygen atoms in total. The van der Waals surface area contributed by atoms with Gasteiger partial charge in [0, 0.05) is 6.42 Å². The van der Waals surface area contributed by atoms with Crippen LogP contribution in [0.4, 0.5) is 5.95 Å². The summed E-state index contributed by atoms with van der Waals surface area (Å²) in [6, 6.07) is 0. The monoisotopic (exact) mass is 198 g/mol. The third-order valence-corrected chi connectivity index (χ3v) is 2.18. The van der Waals surface area contributed by atoms with E-state index in [2.05, 4.69) is 10.2 Å². The molecule has 7 heteroatoms. The minimum atomic E-state index is -0.551. The van der Waals surface area contributed by atoms with Gasteiger partial charge in [-0.25, -0.2) is 0 Å². The van der Waals surface area contributed by atoms with Crippen molar-refractivity contribution in [3.63, 3.8) is 0 Å². The molecular formula is C7H10N4O3. The highest BCUT2D eigenvalue weighted by Gasteiger charge is 2.26. The van der Waals surface area contributed by atoms with Gasteiger partial charge < -0.3 is 14.9 Å². The van der Waals surface area contributed by atoms with E-state index < -0.39 is 4.92 Å². The van der Waals surface area contributed by atoms with Gasteiger partial charge in [-0.2, -0.15) is 4.57 Å². The van der Waals surface area contributed by atoms with Gasteiger partial charge in [-0.05, 0) is 22.9 Å². The van der Waals surface area contributed by atoms with Gasteiger partial charge in [0.15, 0.2) is 12.6 Å². The Hall–Kier alpha value is -1.50. The third kappa shape index (κ3) is 1.58. The fourth-order valence-electron chi connectivity index (χ4n) is 1.51. The molecule has 0 saturated carbocycles. The van der Waals surface area contributed by atoms with Crippen LogP contribution in [0.25, 0.3) is 0 Å². The Balaban J connectivity index is 2.21. The van der Waals surface area contributed by atoms with Crippen LogP contribution in [-0.2, 0) is 4.74 Å². The Morgan fingerprint density at radius 1 is 1.64 bits per heavy atom. The molecule has 1 atom stereocenters. The molecule has 0 bridgehead atoms. The zero-order chi connectivity index (χ0) is 9.97. The lowest BCUT2D eigenvalue weighted by Gasteiger charge is -2.20. The van der Waals surface area contributed by atoms with E-state index in [0.29, 0.717) is 6.61 Å². The van der Waals surface area contributed by atoms with Crippen LogP contribution >= 0.6 is 0 Å². The highest BCUT2D eigenvalue weighted by molar-refractivity contribution is 5.02. The van der Waals surface area contributed by atoms with Crippen LogP contribution in [0, 0.1) is 10.1 Å². The SMILES string of the molecule is O=[N+]([O-])c1nncn1C1CCCCO1. The molecule has 0 spiro atoms. The molecule has 1 aromatic heterocycles. The molecule has 1 aliphatic heterocycles. The summed E-state index contributed by atoms with van der Waals surface area (Å²) >= 11 is 0. The van der Waals surface area contributed by atoms with Gasteiger partial charge in [0.2, 0.25) is 0 Å². The zero-order valence-electron chi connectivity index (χ0n) is 7.50. The Bertz CT molecular complexity index is 331. The van der Waals surface area contributed by atoms with Gasteiger partial charge in [0.25, 0.3) is 0 Å². The van der Waals surface area contributed by atoms with E-state index >= 15 is 0 Å². The van der Waals surface area contributed by atoms with Crippen molar-refractivity contribution in [2.24, 2.45) is 0 Å². The molecule has 0 N–H and O–H groups in total. The number of aromatic nitrogens is 3. The first-order valence-corrected chi connectivity index (χ1v) is 4.44. The van der Waals surface area contributed by atoms with Gasteiger partial charge in [-0.3, -0.25) is 0 Å². The number of nitro groups is 1. The lowest BCUT2D eigenvalue weighted by molar-refractivity contribution is -0.399. The summed E-state index contributed by atoms with van der Waals surface area (Å²) in [6.07, 6.45) is 3.86. The second kappa shape index (κ2) is 3.70. The topological polar surface area (TPSA) is 83.1 Å². The quantitative estimate of drug-likeness (QED) is 0.520. The maximum Gasteiger partial charge on any atom is 0.460 e. The molecule has 1 unspecified atom stereocenters. The molecule has 14 heavy (non-hydrogen) atoms. The number of rotatable bonds is 2. The predicted octanol–water partition coefficient (Wildman–Crippen LogP) is 0.885. The van der Waals surface area contributed by atoms with Gasteiger partial charge in [0.05, 0.1) is 11.7 Å². The average Bonchev–Trinajstić information content (AvgIpc) is 2.67. The molecule has 1 saturated heterocycles. The summed E-state index contributed by atoms with van der Waals surface area (Å²) in [5, 5.41) is 17.5. The number of ether oxygens (including phenoxy) is 1. The Morgan fingerprint density at radius 3 is 3.14 bits per heavy atom. The number of hydrogen-bond acceptors (Lipinski definition) is 5. The van der Waals surface area contributed by atoms with Crippen molar-refractivity contribution >= 4 is 5.95 Å². The molecule has 1 fully saturated rings. The summed E-state index contributed by atoms with van der Waals surface area (Å²) < 4.78 is 6.77. The molecule has 2 heterocycles. The zero-order valence-corrected chi connectivity index (χ0v) is 7.50. The minimum absolute atomic E-state index is 0.253. The van der Waals surface area contributed by atoms with Crippen molar-refractivity contribution in [1.82, 2.24) is 14.8 Å². The third-order valence-electron chi connectivity index (χ3n) is 2.18. The van der Waals surface area contributed by atoms with E-state index in [-0.39, 0.29) is 12.2 Å². The largest absolute Gasteiger partial charge is 0.460 e. The molecule has 1 aromatic rings. The van der Waals surface area contributed by atoms with Crippen molar-refractivity contribution in [2.45, 2.75) is 25.5 Å². The van der Waals surface area contributed by atoms with Gasteiger partial charge >= 0.3 is 5.95 Å². The second-order valence-corrected chi connectivity index (χ2v) is 3.12. The fraction of sp³-hybridized carbons (Fsp3) is 0.714. The smallest absolute Gasteiger partial charge is 0.390 e. The maximum absolute atomic E-state index is 10.6. The van der Waals surface area contributed by atoms with Crippen LogP contribution < -0.4 is 0 Å². The van der Waals surface area contributed by atoms with Crippen molar-refractivity contribution in [2.75, 3.05) is 6.61 Å². The van der Waals surface area contributed by atoms with E-state index in [9.17, 15) is 10.1 Å². The summed E-state index contributed by atoms with van der Waals surface area (Å²) in [5.74, 6) is -0.253. The number of hydrogen-bond donors (Lipinski definition) is 0. The maximum atomic E-state index is 10.6. The Labute approximate surface area is 79.8 Å². The van der Waals surface area contributed by atoms with Crippen LogP contribution in [-0.4, -0.2) is 26.3 Å². The fourth-order valence-corrected chi connectivity index (χ4v) is 1.51. The van der Waals surface area contributed by atoms with Crippen LogP contribution in [0.1, 0.15) is 25.5 Å². The van der Waals surface area contributed by atoms with E-state index in [1.807, 2.05) is 0 Å². The first-order valence-electron chi connectivity index (χ1n) is 4.44. The van der Waals surface area contributed by atoms with Crippen molar-refractivity contribution in [3.05, 3.63) is 16.4 Å². The second-order valence-electron chi connectivity index (χ2n) is 3.12. The van der Waals surface area contributed by atoms with Gasteiger partial charge in [-0.1, -0.05) is 0 Å². The first kappa shape index (κ1) is 9.07. The average molecular weight is 198 g/mol. The highest BCUT2D eigenvalue weighted by atomic mass is 16.6. The van der Waals surface area contributed by atoms with Crippen LogP contribution in [0.2, 0.25) is 0 Å². The molecule has 1 aliphatic rings. The molecule has 2 rings (SSSR count). The predicted molar refractivity (Wildman–Crippen MR) is 45.5 cm³/mol. The van der Waals surface area contributed by atoms with Crippen LogP contribution in [0.3, 0.4) is 0 Å². The lowest BCUT2D eigenvalue weighted by atomic mass is 10.2. The van der Waals surface area contributed by atoms with Crippen molar-refractivity contribution in [1.29, 1.82) is 0 Å². The molecule has 0 aliphatic carbocycles. The Morgan fingerprint density at radius 2 is 2.50 bits per heavy atom. The van der Waals surface area contributed by atoms with Crippen LogP contribution in [0.5, 0.6) is 0 Å². The van der Waals surface area contributed by atoms with Gasteiger partial charge in [-0.15, -0.1) is 0 Å². The van der Waals surface area contributed by atoms with E-state index in [1.165, 1.54) is 10.9 Å². The van der Waals surface area contributed by atoms with Gasteiger partial charge in [0.1, 0.15) is 0 Å². The van der Waals surface area contributed by atoms with Crippen molar-refractivity contribution in [3.8, 4) is 0 Å². The number of nitrogens with zero attached hydrogens (tertiary/aromatic N) is 4. The summed E-state index contributed by atoms with van der Waals surface area (Å²) in [5.41, 5.74) is 0. The molecule has 0 radical (unpaired) electrons. The normalized spacial score (nSPS) is 22.1. The van der Waals surface area contributed by atoms with E-state index in [0.717, 1.165) is 19.3 Å².